The molecule has 0 aliphatic heterocycles. The SMILES string of the molecule is N#Cc1ccc(CC(=O)NC2CC(C3CCCCC3)C2)cn1. The van der Waals surface area contributed by atoms with E-state index in [1.165, 1.54) is 32.1 Å². The number of carbonyl (C=O) groups excluding carboxylic acids is 1. The van der Waals surface area contributed by atoms with Crippen molar-refractivity contribution >= 4 is 5.91 Å². The third kappa shape index (κ3) is 3.65. The van der Waals surface area contributed by atoms with Gasteiger partial charge in [0, 0.05) is 12.2 Å². The van der Waals surface area contributed by atoms with Gasteiger partial charge >= 0.3 is 0 Å². The van der Waals surface area contributed by atoms with Crippen molar-refractivity contribution in [2.24, 2.45) is 11.8 Å². The zero-order valence-corrected chi connectivity index (χ0v) is 12.9. The fraction of sp³-hybridized carbons (Fsp3) is 0.611. The molecule has 0 spiro atoms. The van der Waals surface area contributed by atoms with Crippen LogP contribution in [0.25, 0.3) is 0 Å². The van der Waals surface area contributed by atoms with Crippen molar-refractivity contribution in [3.05, 3.63) is 29.6 Å². The van der Waals surface area contributed by atoms with Gasteiger partial charge in [0.25, 0.3) is 0 Å². The van der Waals surface area contributed by atoms with Crippen molar-refractivity contribution in [3.63, 3.8) is 0 Å². The van der Waals surface area contributed by atoms with Crippen LogP contribution in [0.3, 0.4) is 0 Å². The lowest BCUT2D eigenvalue weighted by atomic mass is 9.67. The third-order valence-corrected chi connectivity index (χ3v) is 5.16. The van der Waals surface area contributed by atoms with E-state index in [9.17, 15) is 4.79 Å². The first-order valence-corrected chi connectivity index (χ1v) is 8.39. The van der Waals surface area contributed by atoms with Gasteiger partial charge in [0.1, 0.15) is 11.8 Å². The summed E-state index contributed by atoms with van der Waals surface area (Å²) in [5.74, 6) is 1.81. The molecule has 3 rings (SSSR count). The standard InChI is InChI=1S/C18H23N3O/c19-11-16-7-6-13(12-20-16)8-18(22)21-17-9-15(10-17)14-4-2-1-3-5-14/h6-7,12,14-15,17H,1-5,8-10H2,(H,21,22). The minimum atomic E-state index is 0.0681. The van der Waals surface area contributed by atoms with E-state index < -0.39 is 0 Å². The maximum atomic E-state index is 12.0. The fourth-order valence-electron chi connectivity index (χ4n) is 3.83. The summed E-state index contributed by atoms with van der Waals surface area (Å²) in [5, 5.41) is 11.8. The van der Waals surface area contributed by atoms with Crippen molar-refractivity contribution in [3.8, 4) is 6.07 Å². The van der Waals surface area contributed by atoms with Gasteiger partial charge in [-0.2, -0.15) is 5.26 Å². The van der Waals surface area contributed by atoms with E-state index in [2.05, 4.69) is 10.3 Å². The Balaban J connectivity index is 1.40. The first-order chi connectivity index (χ1) is 10.7. The summed E-state index contributed by atoms with van der Waals surface area (Å²) in [6, 6.07) is 5.81. The van der Waals surface area contributed by atoms with Crippen molar-refractivity contribution in [1.82, 2.24) is 10.3 Å². The van der Waals surface area contributed by atoms with Crippen LogP contribution >= 0.6 is 0 Å². The van der Waals surface area contributed by atoms with Crippen LogP contribution in [0.1, 0.15) is 56.2 Å². The number of nitrogens with one attached hydrogen (secondary N) is 1. The quantitative estimate of drug-likeness (QED) is 0.929. The highest BCUT2D eigenvalue weighted by atomic mass is 16.1. The number of nitrogens with zero attached hydrogens (tertiary/aromatic N) is 2. The van der Waals surface area contributed by atoms with Crippen LogP contribution < -0.4 is 5.32 Å². The maximum absolute atomic E-state index is 12.0. The molecule has 0 radical (unpaired) electrons. The van der Waals surface area contributed by atoms with E-state index >= 15 is 0 Å². The molecule has 1 aromatic rings. The van der Waals surface area contributed by atoms with Crippen molar-refractivity contribution < 1.29 is 4.79 Å². The minimum absolute atomic E-state index is 0.0681. The smallest absolute Gasteiger partial charge is 0.224 e. The Labute approximate surface area is 131 Å². The van der Waals surface area contributed by atoms with Gasteiger partial charge in [-0.1, -0.05) is 38.2 Å². The molecule has 2 aliphatic carbocycles. The molecule has 1 N–H and O–H groups in total. The molecule has 4 heteroatoms. The zero-order chi connectivity index (χ0) is 15.4. The van der Waals surface area contributed by atoms with Gasteiger partial charge in [0.05, 0.1) is 6.42 Å². The van der Waals surface area contributed by atoms with Gasteiger partial charge in [-0.3, -0.25) is 4.79 Å². The Bertz CT molecular complexity index is 549. The monoisotopic (exact) mass is 297 g/mol. The molecule has 2 fully saturated rings. The fourth-order valence-corrected chi connectivity index (χ4v) is 3.83. The highest BCUT2D eigenvalue weighted by Crippen LogP contribution is 2.41. The van der Waals surface area contributed by atoms with Crippen LogP contribution in [0.2, 0.25) is 0 Å². The Morgan fingerprint density at radius 3 is 2.64 bits per heavy atom. The number of pyridine rings is 1. The van der Waals surface area contributed by atoms with Crippen molar-refractivity contribution in [1.29, 1.82) is 5.26 Å². The summed E-state index contributed by atoms with van der Waals surface area (Å²) < 4.78 is 0. The molecule has 116 valence electrons. The summed E-state index contributed by atoms with van der Waals surface area (Å²) in [4.78, 5) is 16.0. The summed E-state index contributed by atoms with van der Waals surface area (Å²) >= 11 is 0. The number of hydrogen-bond donors (Lipinski definition) is 1. The lowest BCUT2D eigenvalue weighted by Gasteiger charge is -2.42. The molecule has 4 nitrogen and oxygen atoms in total. The van der Waals surface area contributed by atoms with Gasteiger partial charge in [-0.15, -0.1) is 0 Å². The molecule has 0 saturated heterocycles. The average molecular weight is 297 g/mol. The van der Waals surface area contributed by atoms with E-state index in [1.807, 2.05) is 6.07 Å². The average Bonchev–Trinajstić information content (AvgIpc) is 2.52. The van der Waals surface area contributed by atoms with E-state index in [4.69, 9.17) is 5.26 Å². The molecule has 0 unspecified atom stereocenters. The van der Waals surface area contributed by atoms with Crippen molar-refractivity contribution in [2.75, 3.05) is 0 Å². The molecule has 2 aliphatic rings. The number of aromatic nitrogens is 1. The van der Waals surface area contributed by atoms with Crippen LogP contribution in [-0.2, 0) is 11.2 Å². The van der Waals surface area contributed by atoms with Crippen LogP contribution in [0.15, 0.2) is 18.3 Å². The number of amides is 1. The predicted octanol–water partition coefficient (Wildman–Crippen LogP) is 2.97. The Kier molecular flexibility index (Phi) is 4.72. The molecule has 22 heavy (non-hydrogen) atoms. The van der Waals surface area contributed by atoms with Crippen LogP contribution in [0.5, 0.6) is 0 Å². The van der Waals surface area contributed by atoms with E-state index in [-0.39, 0.29) is 5.91 Å². The molecular weight excluding hydrogens is 274 g/mol. The summed E-state index contributed by atoms with van der Waals surface area (Å²) in [6.45, 7) is 0. The molecular formula is C18H23N3O. The Morgan fingerprint density at radius 1 is 1.23 bits per heavy atom. The number of hydrogen-bond acceptors (Lipinski definition) is 3. The molecule has 0 aromatic carbocycles. The highest BCUT2D eigenvalue weighted by molar-refractivity contribution is 5.78. The van der Waals surface area contributed by atoms with Gasteiger partial charge < -0.3 is 5.32 Å². The van der Waals surface area contributed by atoms with Gasteiger partial charge in [0.2, 0.25) is 5.91 Å². The van der Waals surface area contributed by atoms with Crippen LogP contribution in [-0.4, -0.2) is 16.9 Å². The molecule has 1 aromatic heterocycles. The molecule has 2 saturated carbocycles. The van der Waals surface area contributed by atoms with E-state index in [0.29, 0.717) is 18.2 Å². The lowest BCUT2D eigenvalue weighted by molar-refractivity contribution is -0.122. The van der Waals surface area contributed by atoms with Gasteiger partial charge in [0.15, 0.2) is 0 Å². The summed E-state index contributed by atoms with van der Waals surface area (Å²) in [5.41, 5.74) is 1.25. The van der Waals surface area contributed by atoms with Gasteiger partial charge in [-0.05, 0) is 36.3 Å². The Morgan fingerprint density at radius 2 is 2.00 bits per heavy atom. The second kappa shape index (κ2) is 6.91. The predicted molar refractivity (Wildman–Crippen MR) is 83.9 cm³/mol. The minimum Gasteiger partial charge on any atom is -0.353 e. The zero-order valence-electron chi connectivity index (χ0n) is 12.9. The first kappa shape index (κ1) is 15.0. The van der Waals surface area contributed by atoms with Crippen molar-refractivity contribution in [2.45, 2.75) is 57.4 Å². The second-order valence-corrected chi connectivity index (χ2v) is 6.73. The Hall–Kier alpha value is -1.89. The number of carbonyl (C=O) groups is 1. The maximum Gasteiger partial charge on any atom is 0.224 e. The van der Waals surface area contributed by atoms with Crippen LogP contribution in [0.4, 0.5) is 0 Å². The third-order valence-electron chi connectivity index (χ3n) is 5.16. The molecule has 1 amide bonds. The number of nitriles is 1. The molecule has 0 bridgehead atoms. The van der Waals surface area contributed by atoms with Crippen LogP contribution in [0, 0.1) is 23.2 Å². The topological polar surface area (TPSA) is 65.8 Å². The van der Waals surface area contributed by atoms with E-state index in [0.717, 1.165) is 30.2 Å². The molecule has 0 atom stereocenters. The summed E-state index contributed by atoms with van der Waals surface area (Å²) in [6.07, 6.45) is 11.2. The number of rotatable bonds is 4. The van der Waals surface area contributed by atoms with E-state index in [1.54, 1.807) is 18.3 Å². The lowest BCUT2D eigenvalue weighted by Crippen LogP contribution is -2.47. The normalized spacial score (nSPS) is 25.0. The molecule has 1 heterocycles. The summed E-state index contributed by atoms with van der Waals surface area (Å²) in [7, 11) is 0. The van der Waals surface area contributed by atoms with Gasteiger partial charge in [-0.25, -0.2) is 4.98 Å². The highest BCUT2D eigenvalue weighted by Gasteiger charge is 2.35. The largest absolute Gasteiger partial charge is 0.353 e. The second-order valence-electron chi connectivity index (χ2n) is 6.73. The first-order valence-electron chi connectivity index (χ1n) is 8.39.